The van der Waals surface area contributed by atoms with Gasteiger partial charge in [0.15, 0.2) is 5.78 Å². The molecule has 0 N–H and O–H groups in total. The van der Waals surface area contributed by atoms with Crippen molar-refractivity contribution in [2.24, 2.45) is 17.3 Å². The highest BCUT2D eigenvalue weighted by Gasteiger charge is 2.59. The quantitative estimate of drug-likeness (QED) is 0.634. The van der Waals surface area contributed by atoms with E-state index in [1.165, 1.54) is 7.11 Å². The van der Waals surface area contributed by atoms with Crippen LogP contribution >= 0.6 is 0 Å². The van der Waals surface area contributed by atoms with Crippen LogP contribution in [0.1, 0.15) is 31.7 Å². The van der Waals surface area contributed by atoms with Crippen LogP contribution in [0.4, 0.5) is 0 Å². The number of methoxy groups -OCH3 is 1. The van der Waals surface area contributed by atoms with Gasteiger partial charge in [0, 0.05) is 5.92 Å². The summed E-state index contributed by atoms with van der Waals surface area (Å²) in [6.07, 6.45) is 2.31. The van der Waals surface area contributed by atoms with Crippen LogP contribution < -0.4 is 0 Å². The predicted octanol–water partition coefficient (Wildman–Crippen LogP) is 2.75. The summed E-state index contributed by atoms with van der Waals surface area (Å²) < 4.78 is 10.9. The maximum Gasteiger partial charge on any atom is 0.319 e. The van der Waals surface area contributed by atoms with E-state index in [1.54, 1.807) is 6.92 Å². The first kappa shape index (κ1) is 15.2. The number of carbonyl (C=O) groups is 2. The Hall–Kier alpha value is -1.68. The van der Waals surface area contributed by atoms with Crippen molar-refractivity contribution in [2.45, 2.75) is 38.9 Å². The van der Waals surface area contributed by atoms with E-state index in [-0.39, 0.29) is 23.7 Å². The van der Waals surface area contributed by atoms with E-state index in [4.69, 9.17) is 9.47 Å². The van der Waals surface area contributed by atoms with Gasteiger partial charge in [-0.1, -0.05) is 30.3 Å². The molecule has 0 spiro atoms. The Morgan fingerprint density at radius 3 is 2.68 bits per heavy atom. The van der Waals surface area contributed by atoms with Gasteiger partial charge in [0.25, 0.3) is 0 Å². The number of benzene rings is 1. The molecule has 4 heteroatoms. The van der Waals surface area contributed by atoms with Gasteiger partial charge in [0.2, 0.25) is 0 Å². The number of rotatable bonds is 4. The normalized spacial score (nSPS) is 33.7. The van der Waals surface area contributed by atoms with Crippen LogP contribution in [0.15, 0.2) is 30.3 Å². The number of ether oxygens (including phenoxy) is 2. The molecule has 0 aromatic heterocycles. The lowest BCUT2D eigenvalue weighted by Gasteiger charge is -2.22. The van der Waals surface area contributed by atoms with Gasteiger partial charge in [-0.15, -0.1) is 0 Å². The molecule has 0 unspecified atom stereocenters. The van der Waals surface area contributed by atoms with Gasteiger partial charge in [0.05, 0.1) is 19.8 Å². The van der Waals surface area contributed by atoms with Gasteiger partial charge in [-0.3, -0.25) is 9.59 Å². The molecule has 2 aliphatic rings. The number of carbonyl (C=O) groups excluding carboxylic acids is 2. The summed E-state index contributed by atoms with van der Waals surface area (Å²) in [5, 5.41) is 0. The molecule has 4 nitrogen and oxygen atoms in total. The number of Topliss-reactive ketones (excluding diaryl/α,β-unsaturated/α-hetero) is 1. The molecule has 118 valence electrons. The second kappa shape index (κ2) is 5.84. The second-order valence-corrected chi connectivity index (χ2v) is 6.57. The van der Waals surface area contributed by atoms with Crippen molar-refractivity contribution in [3.05, 3.63) is 35.9 Å². The monoisotopic (exact) mass is 302 g/mol. The maximum absolute atomic E-state index is 12.6. The molecular weight excluding hydrogens is 280 g/mol. The average Bonchev–Trinajstić information content (AvgIpc) is 3.05. The van der Waals surface area contributed by atoms with Crippen LogP contribution in [0.3, 0.4) is 0 Å². The summed E-state index contributed by atoms with van der Waals surface area (Å²) in [6, 6.07) is 10.0. The van der Waals surface area contributed by atoms with Crippen LogP contribution in [0.25, 0.3) is 0 Å². The Balaban J connectivity index is 1.68. The maximum atomic E-state index is 12.6. The Labute approximate surface area is 130 Å². The molecule has 1 aromatic rings. The van der Waals surface area contributed by atoms with E-state index in [1.807, 2.05) is 30.3 Å². The van der Waals surface area contributed by atoms with E-state index < -0.39 is 11.4 Å². The number of hydrogen-bond acceptors (Lipinski definition) is 4. The predicted molar refractivity (Wildman–Crippen MR) is 81.0 cm³/mol. The number of fused-ring (bicyclic) bond motifs is 1. The lowest BCUT2D eigenvalue weighted by atomic mass is 9.84. The van der Waals surface area contributed by atoms with Gasteiger partial charge in [-0.2, -0.15) is 0 Å². The Morgan fingerprint density at radius 1 is 1.27 bits per heavy atom. The molecule has 0 aliphatic heterocycles. The third kappa shape index (κ3) is 2.45. The lowest BCUT2D eigenvalue weighted by Crippen LogP contribution is -2.35. The molecular formula is C18H22O4. The summed E-state index contributed by atoms with van der Waals surface area (Å²) in [7, 11) is 1.35. The van der Waals surface area contributed by atoms with Gasteiger partial charge < -0.3 is 9.47 Å². The molecule has 0 heterocycles. The number of hydrogen-bond donors (Lipinski definition) is 0. The molecule has 1 aromatic carbocycles. The van der Waals surface area contributed by atoms with Crippen LogP contribution in [-0.4, -0.2) is 25.0 Å². The summed E-state index contributed by atoms with van der Waals surface area (Å²) in [5.41, 5.74) is 0.143. The third-order valence-electron chi connectivity index (χ3n) is 5.22. The van der Waals surface area contributed by atoms with Crippen LogP contribution in [0.5, 0.6) is 0 Å². The van der Waals surface area contributed by atoms with E-state index in [9.17, 15) is 9.59 Å². The lowest BCUT2D eigenvalue weighted by molar-refractivity contribution is -0.156. The minimum atomic E-state index is -0.987. The first-order valence-corrected chi connectivity index (χ1v) is 7.84. The van der Waals surface area contributed by atoms with Crippen molar-refractivity contribution in [2.75, 3.05) is 7.11 Å². The first-order chi connectivity index (χ1) is 10.6. The van der Waals surface area contributed by atoms with Crippen molar-refractivity contribution >= 4 is 11.8 Å². The summed E-state index contributed by atoms with van der Waals surface area (Å²) in [4.78, 5) is 24.6. The van der Waals surface area contributed by atoms with E-state index in [0.29, 0.717) is 13.0 Å². The molecule has 2 fully saturated rings. The fourth-order valence-corrected chi connectivity index (χ4v) is 4.01. The molecule has 3 rings (SSSR count). The zero-order valence-corrected chi connectivity index (χ0v) is 13.1. The number of esters is 1. The van der Waals surface area contributed by atoms with Gasteiger partial charge in [-0.05, 0) is 37.7 Å². The van der Waals surface area contributed by atoms with E-state index in [2.05, 4.69) is 0 Å². The topological polar surface area (TPSA) is 52.6 Å². The molecule has 0 bridgehead atoms. The Kier molecular flexibility index (Phi) is 4.04. The molecule has 0 saturated heterocycles. The van der Waals surface area contributed by atoms with Gasteiger partial charge in [-0.25, -0.2) is 0 Å². The molecule has 0 radical (unpaired) electrons. The third-order valence-corrected chi connectivity index (χ3v) is 5.22. The Morgan fingerprint density at radius 2 is 2.00 bits per heavy atom. The number of ketones is 1. The van der Waals surface area contributed by atoms with Crippen LogP contribution in [0, 0.1) is 17.3 Å². The molecule has 2 aliphatic carbocycles. The second-order valence-electron chi connectivity index (χ2n) is 6.57. The highest BCUT2D eigenvalue weighted by Crippen LogP contribution is 2.51. The van der Waals surface area contributed by atoms with Crippen LogP contribution in [-0.2, 0) is 25.7 Å². The van der Waals surface area contributed by atoms with Crippen molar-refractivity contribution in [3.8, 4) is 0 Å². The first-order valence-electron chi connectivity index (χ1n) is 7.84. The standard InChI is InChI=1S/C18H22O4/c1-18(17(20)21-2)10-14-13(16(18)19)8-9-15(14)22-11-12-6-4-3-5-7-12/h3-7,13-15H,8-11H2,1-2H3/t13-,14-,15+,18+/m1/s1. The molecule has 0 amide bonds. The van der Waals surface area contributed by atoms with E-state index in [0.717, 1.165) is 18.4 Å². The van der Waals surface area contributed by atoms with Crippen molar-refractivity contribution < 1.29 is 19.1 Å². The van der Waals surface area contributed by atoms with Crippen molar-refractivity contribution in [3.63, 3.8) is 0 Å². The van der Waals surface area contributed by atoms with Gasteiger partial charge in [0.1, 0.15) is 5.41 Å². The highest BCUT2D eigenvalue weighted by molar-refractivity contribution is 6.06. The van der Waals surface area contributed by atoms with Crippen molar-refractivity contribution in [1.82, 2.24) is 0 Å². The summed E-state index contributed by atoms with van der Waals surface area (Å²) in [5.74, 6) is -0.283. The average molecular weight is 302 g/mol. The van der Waals surface area contributed by atoms with E-state index >= 15 is 0 Å². The van der Waals surface area contributed by atoms with Gasteiger partial charge >= 0.3 is 5.97 Å². The molecule has 2 saturated carbocycles. The van der Waals surface area contributed by atoms with Crippen molar-refractivity contribution in [1.29, 1.82) is 0 Å². The minimum Gasteiger partial charge on any atom is -0.468 e. The zero-order chi connectivity index (χ0) is 15.7. The highest BCUT2D eigenvalue weighted by atomic mass is 16.5. The molecule has 4 atom stereocenters. The minimum absolute atomic E-state index is 0.0372. The SMILES string of the molecule is COC(=O)[C@@]1(C)C[C@H]2[C@@H](OCc3ccccc3)CC[C@H]2C1=O. The zero-order valence-electron chi connectivity index (χ0n) is 13.1. The molecule has 22 heavy (non-hydrogen) atoms. The summed E-state index contributed by atoms with van der Waals surface area (Å²) in [6.45, 7) is 2.27. The fraction of sp³-hybridized carbons (Fsp3) is 0.556. The fourth-order valence-electron chi connectivity index (χ4n) is 4.01. The summed E-state index contributed by atoms with van der Waals surface area (Å²) >= 11 is 0. The smallest absolute Gasteiger partial charge is 0.319 e. The largest absolute Gasteiger partial charge is 0.468 e. The van der Waals surface area contributed by atoms with Crippen LogP contribution in [0.2, 0.25) is 0 Å². The Bertz CT molecular complexity index is 568.